The molecule has 0 fully saturated rings. The minimum atomic E-state index is 0.435. The Bertz CT molecular complexity index is 475. The highest BCUT2D eigenvalue weighted by Gasteiger charge is 2.08. The molecule has 2 heterocycles. The molecule has 2 aromatic heterocycles. The van der Waals surface area contributed by atoms with Crippen molar-refractivity contribution in [2.24, 2.45) is 7.05 Å². The maximum atomic E-state index is 4.37. The van der Waals surface area contributed by atoms with E-state index in [2.05, 4.69) is 29.1 Å². The van der Waals surface area contributed by atoms with Gasteiger partial charge in [0.15, 0.2) is 5.82 Å². The summed E-state index contributed by atoms with van der Waals surface area (Å²) in [6.07, 6.45) is 5.96. The summed E-state index contributed by atoms with van der Waals surface area (Å²) in [5, 5.41) is 3.41. The van der Waals surface area contributed by atoms with Crippen LogP contribution in [0.4, 0.5) is 5.82 Å². The monoisotopic (exact) mass is 218 g/mol. The Morgan fingerprint density at radius 3 is 3.00 bits per heavy atom. The zero-order valence-electron chi connectivity index (χ0n) is 10.1. The van der Waals surface area contributed by atoms with Crippen LogP contribution in [0, 0.1) is 0 Å². The fourth-order valence-corrected chi connectivity index (χ4v) is 1.91. The van der Waals surface area contributed by atoms with Gasteiger partial charge in [0.2, 0.25) is 0 Å². The molecule has 4 nitrogen and oxygen atoms in total. The maximum absolute atomic E-state index is 4.37. The van der Waals surface area contributed by atoms with Crippen molar-refractivity contribution >= 4 is 16.9 Å². The molecule has 2 rings (SSSR count). The molecule has 1 atom stereocenters. The Kier molecular flexibility index (Phi) is 3.08. The first-order chi connectivity index (χ1) is 7.72. The predicted octanol–water partition coefficient (Wildman–Crippen LogP) is 2.57. The molecule has 0 aliphatic heterocycles. The van der Waals surface area contributed by atoms with Gasteiger partial charge < -0.3 is 9.88 Å². The van der Waals surface area contributed by atoms with Crippen LogP contribution in [-0.2, 0) is 7.05 Å². The first-order valence-corrected chi connectivity index (χ1v) is 5.75. The molecule has 16 heavy (non-hydrogen) atoms. The lowest BCUT2D eigenvalue weighted by molar-refractivity contribution is 0.688. The third kappa shape index (κ3) is 2.01. The number of nitrogens with zero attached hydrogens (tertiary/aromatic N) is 3. The van der Waals surface area contributed by atoms with Crippen LogP contribution in [0.5, 0.6) is 0 Å². The summed E-state index contributed by atoms with van der Waals surface area (Å²) in [7, 11) is 1.99. The number of nitrogens with one attached hydrogen (secondary N) is 1. The molecule has 1 N–H and O–H groups in total. The highest BCUT2D eigenvalue weighted by Crippen LogP contribution is 2.19. The number of anilines is 1. The van der Waals surface area contributed by atoms with Crippen molar-refractivity contribution in [2.45, 2.75) is 32.7 Å². The molecule has 0 saturated carbocycles. The third-order valence-electron chi connectivity index (χ3n) is 2.75. The van der Waals surface area contributed by atoms with Gasteiger partial charge in [-0.25, -0.2) is 9.97 Å². The molecular formula is C12H18N4. The van der Waals surface area contributed by atoms with Gasteiger partial charge in [0.1, 0.15) is 5.52 Å². The molecule has 0 aromatic carbocycles. The van der Waals surface area contributed by atoms with Gasteiger partial charge in [0.05, 0.1) is 11.8 Å². The standard InChI is InChI=1S/C12H18N4/c1-4-5-9(2)15-12-11-10(6-7-13-12)16(3)8-14-11/h6-9H,4-5H2,1-3H3,(H,13,15). The number of aryl methyl sites for hydroxylation is 1. The fourth-order valence-electron chi connectivity index (χ4n) is 1.91. The highest BCUT2D eigenvalue weighted by atomic mass is 15.1. The van der Waals surface area contributed by atoms with Crippen LogP contribution in [0.3, 0.4) is 0 Å². The Morgan fingerprint density at radius 1 is 1.44 bits per heavy atom. The minimum Gasteiger partial charge on any atom is -0.366 e. The van der Waals surface area contributed by atoms with Crippen LogP contribution >= 0.6 is 0 Å². The van der Waals surface area contributed by atoms with Crippen LogP contribution in [-0.4, -0.2) is 20.6 Å². The maximum Gasteiger partial charge on any atom is 0.154 e. The second-order valence-electron chi connectivity index (χ2n) is 4.22. The van der Waals surface area contributed by atoms with Crippen molar-refractivity contribution < 1.29 is 0 Å². The van der Waals surface area contributed by atoms with Gasteiger partial charge in [0.25, 0.3) is 0 Å². The first kappa shape index (κ1) is 10.9. The van der Waals surface area contributed by atoms with Crippen LogP contribution in [0.2, 0.25) is 0 Å². The Morgan fingerprint density at radius 2 is 2.25 bits per heavy atom. The number of hydrogen-bond acceptors (Lipinski definition) is 3. The molecule has 0 bridgehead atoms. The second-order valence-corrected chi connectivity index (χ2v) is 4.22. The second kappa shape index (κ2) is 4.51. The largest absolute Gasteiger partial charge is 0.366 e. The van der Waals surface area contributed by atoms with Crippen LogP contribution in [0.25, 0.3) is 11.0 Å². The summed E-state index contributed by atoms with van der Waals surface area (Å²) in [5.74, 6) is 0.888. The Hall–Kier alpha value is -1.58. The molecule has 0 spiro atoms. The number of aromatic nitrogens is 3. The fraction of sp³-hybridized carbons (Fsp3) is 0.500. The lowest BCUT2D eigenvalue weighted by Crippen LogP contribution is -2.15. The number of rotatable bonds is 4. The SMILES string of the molecule is CCCC(C)Nc1nccc2c1ncn2C. The normalized spacial score (nSPS) is 12.9. The van der Waals surface area contributed by atoms with E-state index in [9.17, 15) is 0 Å². The summed E-state index contributed by atoms with van der Waals surface area (Å²) in [6.45, 7) is 4.36. The van der Waals surface area contributed by atoms with E-state index in [1.807, 2.05) is 30.2 Å². The quantitative estimate of drug-likeness (QED) is 0.857. The lowest BCUT2D eigenvalue weighted by Gasteiger charge is -2.13. The molecule has 4 heteroatoms. The molecule has 2 aromatic rings. The van der Waals surface area contributed by atoms with Gasteiger partial charge in [-0.2, -0.15) is 0 Å². The van der Waals surface area contributed by atoms with Gasteiger partial charge >= 0.3 is 0 Å². The molecule has 0 aliphatic carbocycles. The van der Waals surface area contributed by atoms with Gasteiger partial charge in [-0.15, -0.1) is 0 Å². The van der Waals surface area contributed by atoms with Gasteiger partial charge in [-0.1, -0.05) is 13.3 Å². The van der Waals surface area contributed by atoms with Crippen LogP contribution < -0.4 is 5.32 Å². The van der Waals surface area contributed by atoms with E-state index in [4.69, 9.17) is 0 Å². The van der Waals surface area contributed by atoms with E-state index in [1.54, 1.807) is 0 Å². The van der Waals surface area contributed by atoms with Gasteiger partial charge in [-0.05, 0) is 19.4 Å². The zero-order valence-corrected chi connectivity index (χ0v) is 10.1. The van der Waals surface area contributed by atoms with E-state index >= 15 is 0 Å². The van der Waals surface area contributed by atoms with Crippen molar-refractivity contribution in [1.82, 2.24) is 14.5 Å². The van der Waals surface area contributed by atoms with Crippen molar-refractivity contribution in [1.29, 1.82) is 0 Å². The van der Waals surface area contributed by atoms with E-state index < -0.39 is 0 Å². The van der Waals surface area contributed by atoms with E-state index in [1.165, 1.54) is 6.42 Å². The van der Waals surface area contributed by atoms with E-state index in [0.717, 1.165) is 23.3 Å². The summed E-state index contributed by atoms with van der Waals surface area (Å²) in [6, 6.07) is 2.42. The molecule has 0 aliphatic rings. The molecule has 0 radical (unpaired) electrons. The molecule has 0 amide bonds. The summed E-state index contributed by atoms with van der Waals surface area (Å²) in [5.41, 5.74) is 2.06. The number of imidazole rings is 1. The van der Waals surface area contributed by atoms with E-state index in [0.29, 0.717) is 6.04 Å². The average molecular weight is 218 g/mol. The summed E-state index contributed by atoms with van der Waals surface area (Å²) in [4.78, 5) is 8.72. The van der Waals surface area contributed by atoms with Crippen LogP contribution in [0.15, 0.2) is 18.6 Å². The van der Waals surface area contributed by atoms with Crippen molar-refractivity contribution in [3.63, 3.8) is 0 Å². The van der Waals surface area contributed by atoms with Crippen LogP contribution in [0.1, 0.15) is 26.7 Å². The molecule has 1 unspecified atom stereocenters. The summed E-state index contributed by atoms with van der Waals surface area (Å²) < 4.78 is 2.01. The van der Waals surface area contributed by atoms with Gasteiger partial charge in [0, 0.05) is 19.3 Å². The Labute approximate surface area is 95.7 Å². The summed E-state index contributed by atoms with van der Waals surface area (Å²) >= 11 is 0. The number of pyridine rings is 1. The average Bonchev–Trinajstić information content (AvgIpc) is 2.62. The minimum absolute atomic E-state index is 0.435. The molecule has 86 valence electrons. The predicted molar refractivity (Wildman–Crippen MR) is 66.5 cm³/mol. The lowest BCUT2D eigenvalue weighted by atomic mass is 10.2. The van der Waals surface area contributed by atoms with E-state index in [-0.39, 0.29) is 0 Å². The smallest absolute Gasteiger partial charge is 0.154 e. The first-order valence-electron chi connectivity index (χ1n) is 5.75. The number of hydrogen-bond donors (Lipinski definition) is 1. The Balaban J connectivity index is 2.30. The molecule has 0 saturated heterocycles. The molecular weight excluding hydrogens is 200 g/mol. The topological polar surface area (TPSA) is 42.7 Å². The van der Waals surface area contributed by atoms with Crippen molar-refractivity contribution in [3.8, 4) is 0 Å². The third-order valence-corrected chi connectivity index (χ3v) is 2.75. The van der Waals surface area contributed by atoms with Crippen molar-refractivity contribution in [3.05, 3.63) is 18.6 Å². The number of fused-ring (bicyclic) bond motifs is 1. The highest BCUT2D eigenvalue weighted by molar-refractivity contribution is 5.85. The van der Waals surface area contributed by atoms with Gasteiger partial charge in [-0.3, -0.25) is 0 Å². The van der Waals surface area contributed by atoms with Crippen molar-refractivity contribution in [2.75, 3.05) is 5.32 Å². The zero-order chi connectivity index (χ0) is 11.5.